The third kappa shape index (κ3) is 2.48. The Balaban J connectivity index is 1.82. The van der Waals surface area contributed by atoms with Crippen molar-refractivity contribution in [1.29, 1.82) is 0 Å². The molecule has 1 N–H and O–H groups in total. The summed E-state index contributed by atoms with van der Waals surface area (Å²) in [6.07, 6.45) is 1.16. The molecule has 1 saturated heterocycles. The largest absolute Gasteiger partial charge is 0.337 e. The Morgan fingerprint density at radius 2 is 2.00 bits per heavy atom. The van der Waals surface area contributed by atoms with Crippen molar-refractivity contribution >= 4 is 0 Å². The predicted octanol–water partition coefficient (Wildman–Crippen LogP) is 3.53. The molecule has 3 rings (SSSR count). The van der Waals surface area contributed by atoms with E-state index in [9.17, 15) is 0 Å². The van der Waals surface area contributed by atoms with Gasteiger partial charge in [-0.2, -0.15) is 4.98 Å². The first kappa shape index (κ1) is 13.3. The van der Waals surface area contributed by atoms with E-state index >= 15 is 0 Å². The second kappa shape index (κ2) is 5.37. The average Bonchev–Trinajstić information content (AvgIpc) is 3.07. The van der Waals surface area contributed by atoms with Gasteiger partial charge in [0.1, 0.15) is 0 Å². The first-order valence-corrected chi connectivity index (χ1v) is 7.32. The monoisotopic (exact) mass is 271 g/mol. The van der Waals surface area contributed by atoms with E-state index in [1.54, 1.807) is 0 Å². The van der Waals surface area contributed by atoms with Gasteiger partial charge in [-0.1, -0.05) is 50.2 Å². The summed E-state index contributed by atoms with van der Waals surface area (Å²) >= 11 is 0. The fraction of sp³-hybridized carbons (Fsp3) is 0.500. The highest BCUT2D eigenvalue weighted by Gasteiger charge is 2.29. The van der Waals surface area contributed by atoms with Crippen molar-refractivity contribution in [3.63, 3.8) is 0 Å². The number of nitrogens with one attached hydrogen (secondary N) is 1. The molecule has 0 spiro atoms. The molecule has 2 heterocycles. The number of hydrogen-bond acceptors (Lipinski definition) is 4. The second-order valence-electron chi connectivity index (χ2n) is 5.93. The van der Waals surface area contributed by atoms with Gasteiger partial charge in [-0.3, -0.25) is 0 Å². The predicted molar refractivity (Wildman–Crippen MR) is 78.3 cm³/mol. The van der Waals surface area contributed by atoms with Crippen LogP contribution in [-0.2, 0) is 0 Å². The smallest absolute Gasteiger partial charge is 0.244 e. The van der Waals surface area contributed by atoms with Gasteiger partial charge in [0, 0.05) is 5.56 Å². The maximum Gasteiger partial charge on any atom is 0.244 e. The first-order chi connectivity index (χ1) is 9.65. The molecule has 1 fully saturated rings. The minimum absolute atomic E-state index is 0.200. The van der Waals surface area contributed by atoms with Gasteiger partial charge in [-0.15, -0.1) is 0 Å². The number of aromatic nitrogens is 2. The zero-order valence-corrected chi connectivity index (χ0v) is 12.3. The van der Waals surface area contributed by atoms with E-state index in [1.807, 2.05) is 0 Å². The number of hydrogen-bond donors (Lipinski definition) is 1. The van der Waals surface area contributed by atoms with Crippen LogP contribution in [0, 0.1) is 5.92 Å². The molecule has 4 nitrogen and oxygen atoms in total. The van der Waals surface area contributed by atoms with Gasteiger partial charge in [0.05, 0.1) is 6.04 Å². The van der Waals surface area contributed by atoms with Crippen LogP contribution in [0.25, 0.3) is 11.4 Å². The summed E-state index contributed by atoms with van der Waals surface area (Å²) in [5, 5.41) is 7.53. The molecule has 1 aromatic heterocycles. The van der Waals surface area contributed by atoms with Crippen LogP contribution in [0.1, 0.15) is 50.6 Å². The maximum absolute atomic E-state index is 5.43. The van der Waals surface area contributed by atoms with Gasteiger partial charge in [0.2, 0.25) is 11.7 Å². The van der Waals surface area contributed by atoms with Crippen molar-refractivity contribution < 1.29 is 4.52 Å². The molecule has 0 aliphatic carbocycles. The molecule has 20 heavy (non-hydrogen) atoms. The molecular weight excluding hydrogens is 250 g/mol. The molecule has 0 radical (unpaired) electrons. The second-order valence-corrected chi connectivity index (χ2v) is 5.93. The molecule has 4 heteroatoms. The van der Waals surface area contributed by atoms with Gasteiger partial charge < -0.3 is 9.84 Å². The summed E-state index contributed by atoms with van der Waals surface area (Å²) in [6, 6.07) is 8.59. The normalized spacial score (nSPS) is 22.6. The molecule has 2 unspecified atom stereocenters. The summed E-state index contributed by atoms with van der Waals surface area (Å²) in [6.45, 7) is 7.61. The van der Waals surface area contributed by atoms with Gasteiger partial charge in [-0.05, 0) is 30.4 Å². The standard InChI is InChI=1S/C16H21N3O/c1-10(2)12-4-6-13(7-5-12)15-18-16(20-19-15)14-11(3)8-9-17-14/h4-7,10-11,14,17H,8-9H2,1-3H3. The average molecular weight is 271 g/mol. The van der Waals surface area contributed by atoms with E-state index in [0.29, 0.717) is 23.6 Å². The summed E-state index contributed by atoms with van der Waals surface area (Å²) in [5.41, 5.74) is 2.33. The topological polar surface area (TPSA) is 51.0 Å². The summed E-state index contributed by atoms with van der Waals surface area (Å²) < 4.78 is 5.43. The lowest BCUT2D eigenvalue weighted by Crippen LogP contribution is -2.16. The van der Waals surface area contributed by atoms with Gasteiger partial charge in [0.25, 0.3) is 0 Å². The Morgan fingerprint density at radius 1 is 1.25 bits per heavy atom. The molecule has 1 aliphatic heterocycles. The number of nitrogens with zero attached hydrogens (tertiary/aromatic N) is 2. The zero-order valence-electron chi connectivity index (χ0n) is 12.3. The van der Waals surface area contributed by atoms with Gasteiger partial charge in [0.15, 0.2) is 0 Å². The number of rotatable bonds is 3. The lowest BCUT2D eigenvalue weighted by atomic mass is 10.0. The Morgan fingerprint density at radius 3 is 2.60 bits per heavy atom. The van der Waals surface area contributed by atoms with Crippen molar-refractivity contribution in [2.45, 2.75) is 39.2 Å². The van der Waals surface area contributed by atoms with Crippen molar-refractivity contribution in [3.8, 4) is 11.4 Å². The molecular formula is C16H21N3O. The van der Waals surface area contributed by atoms with E-state index in [1.165, 1.54) is 5.56 Å². The van der Waals surface area contributed by atoms with Crippen LogP contribution >= 0.6 is 0 Å². The van der Waals surface area contributed by atoms with Crippen molar-refractivity contribution in [1.82, 2.24) is 15.5 Å². The van der Waals surface area contributed by atoms with Crippen LogP contribution in [-0.4, -0.2) is 16.7 Å². The summed E-state index contributed by atoms with van der Waals surface area (Å²) in [4.78, 5) is 4.55. The lowest BCUT2D eigenvalue weighted by Gasteiger charge is -2.09. The van der Waals surface area contributed by atoms with E-state index in [4.69, 9.17) is 4.52 Å². The Bertz CT molecular complexity index is 574. The van der Waals surface area contributed by atoms with Crippen LogP contribution in [0.3, 0.4) is 0 Å². The van der Waals surface area contributed by atoms with E-state index < -0.39 is 0 Å². The van der Waals surface area contributed by atoms with Crippen LogP contribution in [0.2, 0.25) is 0 Å². The lowest BCUT2D eigenvalue weighted by molar-refractivity contribution is 0.319. The molecule has 1 aromatic carbocycles. The minimum Gasteiger partial charge on any atom is -0.337 e. The van der Waals surface area contributed by atoms with E-state index in [2.05, 4.69) is 60.5 Å². The molecule has 0 bridgehead atoms. The maximum atomic E-state index is 5.43. The Labute approximate surface area is 119 Å². The van der Waals surface area contributed by atoms with Crippen LogP contribution in [0.5, 0.6) is 0 Å². The molecule has 2 atom stereocenters. The highest BCUT2D eigenvalue weighted by molar-refractivity contribution is 5.54. The molecule has 1 aliphatic rings. The zero-order chi connectivity index (χ0) is 14.1. The van der Waals surface area contributed by atoms with Crippen molar-refractivity contribution in [2.75, 3.05) is 6.54 Å². The van der Waals surface area contributed by atoms with E-state index in [0.717, 1.165) is 18.5 Å². The molecule has 0 amide bonds. The van der Waals surface area contributed by atoms with E-state index in [-0.39, 0.29) is 6.04 Å². The quantitative estimate of drug-likeness (QED) is 0.927. The first-order valence-electron chi connectivity index (χ1n) is 7.32. The van der Waals surface area contributed by atoms with Crippen LogP contribution in [0.15, 0.2) is 28.8 Å². The fourth-order valence-corrected chi connectivity index (χ4v) is 2.66. The third-order valence-electron chi connectivity index (χ3n) is 4.08. The van der Waals surface area contributed by atoms with Crippen molar-refractivity contribution in [3.05, 3.63) is 35.7 Å². The summed E-state index contributed by atoms with van der Waals surface area (Å²) in [5.74, 6) is 2.47. The minimum atomic E-state index is 0.200. The van der Waals surface area contributed by atoms with Gasteiger partial charge in [-0.25, -0.2) is 0 Å². The Kier molecular flexibility index (Phi) is 3.57. The third-order valence-corrected chi connectivity index (χ3v) is 4.08. The van der Waals surface area contributed by atoms with Crippen LogP contribution in [0.4, 0.5) is 0 Å². The highest BCUT2D eigenvalue weighted by Crippen LogP contribution is 2.29. The van der Waals surface area contributed by atoms with Gasteiger partial charge >= 0.3 is 0 Å². The SMILES string of the molecule is CC(C)c1ccc(-c2noc(C3NCCC3C)n2)cc1. The molecule has 106 valence electrons. The van der Waals surface area contributed by atoms with Crippen molar-refractivity contribution in [2.24, 2.45) is 5.92 Å². The fourth-order valence-electron chi connectivity index (χ4n) is 2.66. The highest BCUT2D eigenvalue weighted by atomic mass is 16.5. The molecule has 2 aromatic rings. The molecule has 0 saturated carbocycles. The van der Waals surface area contributed by atoms with Crippen LogP contribution < -0.4 is 5.32 Å². The Hall–Kier alpha value is -1.68. The summed E-state index contributed by atoms with van der Waals surface area (Å²) in [7, 11) is 0. The number of benzene rings is 1.